The van der Waals surface area contributed by atoms with Crippen molar-refractivity contribution in [3.8, 4) is 5.75 Å². The van der Waals surface area contributed by atoms with Crippen LogP contribution in [0.15, 0.2) is 48.5 Å². The third-order valence-electron chi connectivity index (χ3n) is 3.16. The minimum atomic E-state index is -0.398. The highest BCUT2D eigenvalue weighted by Crippen LogP contribution is 2.23. The van der Waals surface area contributed by atoms with E-state index < -0.39 is 5.82 Å². The fraction of sp³-hybridized carbons (Fsp3) is 0.222. The Bertz CT molecular complexity index is 719. The summed E-state index contributed by atoms with van der Waals surface area (Å²) in [6, 6.07) is 12.8. The normalized spacial score (nSPS) is 10.1. The minimum absolute atomic E-state index is 0.0145. The molecule has 5 nitrogen and oxygen atoms in total. The van der Waals surface area contributed by atoms with Crippen molar-refractivity contribution in [1.82, 2.24) is 5.32 Å². The molecule has 6 heteroatoms. The second kappa shape index (κ2) is 8.67. The molecule has 0 radical (unpaired) electrons. The molecule has 0 aliphatic carbocycles. The highest BCUT2D eigenvalue weighted by atomic mass is 19.1. The molecule has 2 aromatic carbocycles. The van der Waals surface area contributed by atoms with Crippen LogP contribution in [0.1, 0.15) is 12.5 Å². The molecule has 2 rings (SSSR count). The van der Waals surface area contributed by atoms with E-state index in [1.807, 2.05) is 6.92 Å². The van der Waals surface area contributed by atoms with E-state index in [4.69, 9.17) is 4.74 Å². The van der Waals surface area contributed by atoms with Gasteiger partial charge in [0.25, 0.3) is 0 Å². The lowest BCUT2D eigenvalue weighted by molar-refractivity contribution is -0.123. The van der Waals surface area contributed by atoms with Crippen molar-refractivity contribution in [2.45, 2.75) is 13.3 Å². The third-order valence-corrected chi connectivity index (χ3v) is 3.16. The van der Waals surface area contributed by atoms with Crippen molar-refractivity contribution < 1.29 is 18.7 Å². The molecule has 24 heavy (non-hydrogen) atoms. The van der Waals surface area contributed by atoms with Crippen molar-refractivity contribution in [3.63, 3.8) is 0 Å². The van der Waals surface area contributed by atoms with E-state index in [0.717, 1.165) is 0 Å². The van der Waals surface area contributed by atoms with Crippen LogP contribution in [0.4, 0.5) is 10.1 Å². The van der Waals surface area contributed by atoms with Gasteiger partial charge in [-0.2, -0.15) is 0 Å². The molecule has 0 saturated heterocycles. The monoisotopic (exact) mass is 330 g/mol. The van der Waals surface area contributed by atoms with Crippen molar-refractivity contribution in [2.24, 2.45) is 0 Å². The molecule has 0 spiro atoms. The van der Waals surface area contributed by atoms with Gasteiger partial charge in [-0.3, -0.25) is 9.59 Å². The van der Waals surface area contributed by atoms with E-state index in [1.165, 1.54) is 18.2 Å². The standard InChI is InChI=1S/C18H19FN2O3/c1-2-24-16-9-4-3-8-15(16)21-18(23)12-20-17(22)11-13-6-5-7-14(19)10-13/h3-10H,2,11-12H2,1H3,(H,20,22)(H,21,23). The Kier molecular flexibility index (Phi) is 6.31. The zero-order valence-electron chi connectivity index (χ0n) is 13.3. The lowest BCUT2D eigenvalue weighted by Crippen LogP contribution is -2.33. The topological polar surface area (TPSA) is 67.4 Å². The first-order valence-electron chi connectivity index (χ1n) is 7.61. The lowest BCUT2D eigenvalue weighted by atomic mass is 10.1. The molecule has 0 unspecified atom stereocenters. The average molecular weight is 330 g/mol. The second-order valence-electron chi connectivity index (χ2n) is 5.06. The molecule has 0 saturated carbocycles. The van der Waals surface area contributed by atoms with Gasteiger partial charge in [-0.25, -0.2) is 4.39 Å². The first kappa shape index (κ1) is 17.5. The summed E-state index contributed by atoms with van der Waals surface area (Å²) in [6.07, 6.45) is 0.0145. The first-order chi connectivity index (χ1) is 11.6. The maximum Gasteiger partial charge on any atom is 0.243 e. The van der Waals surface area contributed by atoms with Gasteiger partial charge in [-0.05, 0) is 36.8 Å². The largest absolute Gasteiger partial charge is 0.492 e. The first-order valence-corrected chi connectivity index (χ1v) is 7.61. The minimum Gasteiger partial charge on any atom is -0.492 e. The summed E-state index contributed by atoms with van der Waals surface area (Å²) in [5.41, 5.74) is 1.10. The van der Waals surface area contributed by atoms with Gasteiger partial charge in [0.05, 0.1) is 25.3 Å². The number of rotatable bonds is 7. The zero-order valence-corrected chi connectivity index (χ0v) is 13.3. The number of carbonyl (C=O) groups is 2. The van der Waals surface area contributed by atoms with E-state index in [2.05, 4.69) is 10.6 Å². The number of nitrogens with one attached hydrogen (secondary N) is 2. The van der Waals surface area contributed by atoms with E-state index in [1.54, 1.807) is 30.3 Å². The van der Waals surface area contributed by atoms with Crippen molar-refractivity contribution in [1.29, 1.82) is 0 Å². The lowest BCUT2D eigenvalue weighted by Gasteiger charge is -2.11. The molecular formula is C18H19FN2O3. The molecular weight excluding hydrogens is 311 g/mol. The zero-order chi connectivity index (χ0) is 17.4. The van der Waals surface area contributed by atoms with Gasteiger partial charge >= 0.3 is 0 Å². The molecule has 0 aromatic heterocycles. The van der Waals surface area contributed by atoms with Gasteiger partial charge in [0.2, 0.25) is 11.8 Å². The Balaban J connectivity index is 1.84. The third kappa shape index (κ3) is 5.39. The van der Waals surface area contributed by atoms with Crippen molar-refractivity contribution in [3.05, 3.63) is 59.9 Å². The molecule has 0 aliphatic rings. The van der Waals surface area contributed by atoms with Crippen LogP contribution < -0.4 is 15.4 Å². The predicted octanol–water partition coefficient (Wildman–Crippen LogP) is 2.52. The number of hydrogen-bond acceptors (Lipinski definition) is 3. The Morgan fingerprint density at radius 2 is 1.88 bits per heavy atom. The van der Waals surface area contributed by atoms with Crippen LogP contribution in [0, 0.1) is 5.82 Å². The molecule has 2 aromatic rings. The molecule has 2 amide bonds. The molecule has 0 atom stereocenters. The number of carbonyl (C=O) groups excluding carboxylic acids is 2. The van der Waals surface area contributed by atoms with E-state index in [0.29, 0.717) is 23.6 Å². The average Bonchev–Trinajstić information content (AvgIpc) is 2.55. The summed E-state index contributed by atoms with van der Waals surface area (Å²) in [5, 5.41) is 5.19. The predicted molar refractivity (Wildman–Crippen MR) is 89.4 cm³/mol. The van der Waals surface area contributed by atoms with Crippen LogP contribution in [-0.4, -0.2) is 25.0 Å². The molecule has 0 bridgehead atoms. The summed E-state index contributed by atoms with van der Waals surface area (Å²) in [5.74, 6) is -0.548. The van der Waals surface area contributed by atoms with Crippen LogP contribution in [0.3, 0.4) is 0 Å². The van der Waals surface area contributed by atoms with Crippen LogP contribution in [-0.2, 0) is 16.0 Å². The van der Waals surface area contributed by atoms with Gasteiger partial charge in [0, 0.05) is 0 Å². The Labute approximate surface area is 139 Å². The number of anilines is 1. The Morgan fingerprint density at radius 3 is 2.62 bits per heavy atom. The fourth-order valence-electron chi connectivity index (χ4n) is 2.12. The van der Waals surface area contributed by atoms with Crippen molar-refractivity contribution in [2.75, 3.05) is 18.5 Å². The van der Waals surface area contributed by atoms with Crippen LogP contribution >= 0.6 is 0 Å². The summed E-state index contributed by atoms with van der Waals surface area (Å²) < 4.78 is 18.5. The van der Waals surface area contributed by atoms with Gasteiger partial charge < -0.3 is 15.4 Å². The second-order valence-corrected chi connectivity index (χ2v) is 5.06. The summed E-state index contributed by atoms with van der Waals surface area (Å²) in [4.78, 5) is 23.8. The fourth-order valence-corrected chi connectivity index (χ4v) is 2.12. The maximum absolute atomic E-state index is 13.1. The van der Waals surface area contributed by atoms with Gasteiger partial charge in [0.1, 0.15) is 11.6 Å². The summed E-state index contributed by atoms with van der Waals surface area (Å²) in [7, 11) is 0. The highest BCUT2D eigenvalue weighted by molar-refractivity contribution is 5.95. The van der Waals surface area contributed by atoms with E-state index in [9.17, 15) is 14.0 Å². The summed E-state index contributed by atoms with van der Waals surface area (Å²) in [6.45, 7) is 2.16. The SMILES string of the molecule is CCOc1ccccc1NC(=O)CNC(=O)Cc1cccc(F)c1. The molecule has 126 valence electrons. The Hall–Kier alpha value is -2.89. The number of benzene rings is 2. The molecule has 0 aliphatic heterocycles. The van der Waals surface area contributed by atoms with Gasteiger partial charge in [-0.15, -0.1) is 0 Å². The number of amides is 2. The van der Waals surface area contributed by atoms with Gasteiger partial charge in [-0.1, -0.05) is 24.3 Å². The smallest absolute Gasteiger partial charge is 0.243 e. The molecule has 0 fully saturated rings. The van der Waals surface area contributed by atoms with Crippen molar-refractivity contribution >= 4 is 17.5 Å². The van der Waals surface area contributed by atoms with Gasteiger partial charge in [0.15, 0.2) is 0 Å². The van der Waals surface area contributed by atoms with E-state index >= 15 is 0 Å². The van der Waals surface area contributed by atoms with Crippen LogP contribution in [0.5, 0.6) is 5.75 Å². The highest BCUT2D eigenvalue weighted by Gasteiger charge is 2.09. The van der Waals surface area contributed by atoms with Crippen LogP contribution in [0.25, 0.3) is 0 Å². The number of ether oxygens (including phenoxy) is 1. The number of hydrogen-bond donors (Lipinski definition) is 2. The van der Waals surface area contributed by atoms with Crippen LogP contribution in [0.2, 0.25) is 0 Å². The number of para-hydroxylation sites is 2. The summed E-state index contributed by atoms with van der Waals surface area (Å²) >= 11 is 0. The Morgan fingerprint density at radius 1 is 1.08 bits per heavy atom. The molecule has 2 N–H and O–H groups in total. The maximum atomic E-state index is 13.1. The quantitative estimate of drug-likeness (QED) is 0.820. The van der Waals surface area contributed by atoms with E-state index in [-0.39, 0.29) is 24.8 Å². The number of halogens is 1. The molecule has 0 heterocycles.